The number of rotatable bonds is 3. The van der Waals surface area contributed by atoms with Crippen molar-refractivity contribution >= 4 is 11.8 Å². The SMILES string of the molecule is CC(C)Cc1ccc(C2(O)CC3CCC(C2)S3)cc1. The normalized spacial score (nSPS) is 33.9. The zero-order valence-electron chi connectivity index (χ0n) is 11.9. The average molecular weight is 276 g/mol. The van der Waals surface area contributed by atoms with Crippen LogP contribution in [0.4, 0.5) is 0 Å². The summed E-state index contributed by atoms with van der Waals surface area (Å²) in [5, 5.41) is 12.3. The molecular weight excluding hydrogens is 252 g/mol. The smallest absolute Gasteiger partial charge is 0.0917 e. The van der Waals surface area contributed by atoms with Crippen LogP contribution in [0, 0.1) is 5.92 Å². The van der Waals surface area contributed by atoms with Crippen LogP contribution < -0.4 is 0 Å². The standard InChI is InChI=1S/C17H24OS/c1-12(2)9-13-3-5-14(6-4-13)17(18)10-15-7-8-16(11-17)19-15/h3-6,12,15-16,18H,7-11H2,1-2H3. The molecule has 19 heavy (non-hydrogen) atoms. The molecule has 2 saturated heterocycles. The van der Waals surface area contributed by atoms with E-state index in [9.17, 15) is 5.11 Å². The molecule has 3 rings (SSSR count). The summed E-state index contributed by atoms with van der Waals surface area (Å²) in [5.74, 6) is 0.691. The first-order chi connectivity index (χ1) is 9.05. The lowest BCUT2D eigenvalue weighted by Gasteiger charge is -2.36. The van der Waals surface area contributed by atoms with Gasteiger partial charge in [0.2, 0.25) is 0 Å². The third-order valence-electron chi connectivity index (χ3n) is 4.46. The lowest BCUT2D eigenvalue weighted by molar-refractivity contribution is 0.0196. The zero-order valence-corrected chi connectivity index (χ0v) is 12.7. The number of aliphatic hydroxyl groups is 1. The van der Waals surface area contributed by atoms with E-state index in [0.717, 1.165) is 24.8 Å². The van der Waals surface area contributed by atoms with Gasteiger partial charge in [0.1, 0.15) is 0 Å². The largest absolute Gasteiger partial charge is 0.385 e. The monoisotopic (exact) mass is 276 g/mol. The van der Waals surface area contributed by atoms with E-state index >= 15 is 0 Å². The molecule has 2 heterocycles. The van der Waals surface area contributed by atoms with Gasteiger partial charge in [-0.25, -0.2) is 0 Å². The van der Waals surface area contributed by atoms with Gasteiger partial charge in [-0.05, 0) is 49.1 Å². The van der Waals surface area contributed by atoms with Crippen molar-refractivity contribution in [3.63, 3.8) is 0 Å². The van der Waals surface area contributed by atoms with E-state index in [-0.39, 0.29) is 0 Å². The fourth-order valence-corrected chi connectivity index (χ4v) is 5.41. The maximum absolute atomic E-state index is 11.0. The van der Waals surface area contributed by atoms with E-state index in [1.54, 1.807) is 0 Å². The van der Waals surface area contributed by atoms with Crippen molar-refractivity contribution < 1.29 is 5.11 Å². The molecule has 1 aromatic rings. The van der Waals surface area contributed by atoms with Gasteiger partial charge in [0.25, 0.3) is 0 Å². The molecule has 0 aliphatic carbocycles. The van der Waals surface area contributed by atoms with E-state index in [1.165, 1.54) is 18.4 Å². The summed E-state index contributed by atoms with van der Waals surface area (Å²) in [6.45, 7) is 4.50. The van der Waals surface area contributed by atoms with Crippen LogP contribution in [-0.2, 0) is 12.0 Å². The Labute approximate surface area is 120 Å². The van der Waals surface area contributed by atoms with Gasteiger partial charge in [-0.1, -0.05) is 38.1 Å². The fourth-order valence-electron chi connectivity index (χ4n) is 3.58. The number of hydrogen-bond donors (Lipinski definition) is 1. The lowest BCUT2D eigenvalue weighted by Crippen LogP contribution is -2.34. The summed E-state index contributed by atoms with van der Waals surface area (Å²) < 4.78 is 0. The molecule has 1 N–H and O–H groups in total. The van der Waals surface area contributed by atoms with E-state index in [1.807, 2.05) is 0 Å². The summed E-state index contributed by atoms with van der Waals surface area (Å²) in [6.07, 6.45) is 5.60. The molecule has 2 unspecified atom stereocenters. The molecule has 2 fully saturated rings. The molecule has 2 heteroatoms. The topological polar surface area (TPSA) is 20.2 Å². The minimum absolute atomic E-state index is 0.562. The summed E-state index contributed by atoms with van der Waals surface area (Å²) in [6, 6.07) is 8.73. The summed E-state index contributed by atoms with van der Waals surface area (Å²) in [7, 11) is 0. The maximum Gasteiger partial charge on any atom is 0.0917 e. The van der Waals surface area contributed by atoms with Crippen LogP contribution in [-0.4, -0.2) is 15.6 Å². The third kappa shape index (κ3) is 2.85. The van der Waals surface area contributed by atoms with E-state index in [2.05, 4.69) is 49.9 Å². The van der Waals surface area contributed by atoms with Crippen LogP contribution in [0.25, 0.3) is 0 Å². The highest BCUT2D eigenvalue weighted by Gasteiger charge is 2.44. The Bertz CT molecular complexity index is 425. The van der Waals surface area contributed by atoms with Crippen molar-refractivity contribution in [1.29, 1.82) is 0 Å². The van der Waals surface area contributed by atoms with Gasteiger partial charge in [0.15, 0.2) is 0 Å². The Morgan fingerprint density at radius 3 is 2.26 bits per heavy atom. The van der Waals surface area contributed by atoms with Gasteiger partial charge in [-0.2, -0.15) is 11.8 Å². The highest BCUT2D eigenvalue weighted by molar-refractivity contribution is 8.00. The molecule has 2 atom stereocenters. The quantitative estimate of drug-likeness (QED) is 0.895. The number of fused-ring (bicyclic) bond motifs is 2. The van der Waals surface area contributed by atoms with E-state index in [4.69, 9.17) is 0 Å². The zero-order chi connectivity index (χ0) is 13.5. The number of benzene rings is 1. The molecule has 104 valence electrons. The van der Waals surface area contributed by atoms with Crippen LogP contribution in [0.15, 0.2) is 24.3 Å². The Morgan fingerprint density at radius 1 is 1.16 bits per heavy atom. The lowest BCUT2D eigenvalue weighted by atomic mass is 9.85. The fraction of sp³-hybridized carbons (Fsp3) is 0.647. The third-order valence-corrected chi connectivity index (χ3v) is 6.04. The number of hydrogen-bond acceptors (Lipinski definition) is 2. The van der Waals surface area contributed by atoms with Gasteiger partial charge in [-0.15, -0.1) is 0 Å². The maximum atomic E-state index is 11.0. The van der Waals surface area contributed by atoms with Gasteiger partial charge >= 0.3 is 0 Å². The van der Waals surface area contributed by atoms with Gasteiger partial charge in [-0.3, -0.25) is 0 Å². The van der Waals surface area contributed by atoms with Crippen molar-refractivity contribution in [2.24, 2.45) is 5.92 Å². The van der Waals surface area contributed by atoms with Crippen molar-refractivity contribution in [1.82, 2.24) is 0 Å². The van der Waals surface area contributed by atoms with E-state index < -0.39 is 5.60 Å². The summed E-state index contributed by atoms with van der Waals surface area (Å²) in [4.78, 5) is 0. The van der Waals surface area contributed by atoms with Crippen molar-refractivity contribution in [3.8, 4) is 0 Å². The number of thioether (sulfide) groups is 1. The van der Waals surface area contributed by atoms with Crippen molar-refractivity contribution in [3.05, 3.63) is 35.4 Å². The van der Waals surface area contributed by atoms with Gasteiger partial charge < -0.3 is 5.11 Å². The molecule has 0 radical (unpaired) electrons. The minimum atomic E-state index is -0.562. The Balaban J connectivity index is 1.78. The van der Waals surface area contributed by atoms with Gasteiger partial charge in [0, 0.05) is 10.5 Å². The molecule has 0 aromatic heterocycles. The first-order valence-electron chi connectivity index (χ1n) is 7.52. The van der Waals surface area contributed by atoms with Crippen LogP contribution in [0.1, 0.15) is 50.7 Å². The van der Waals surface area contributed by atoms with Crippen molar-refractivity contribution in [2.75, 3.05) is 0 Å². The molecule has 0 spiro atoms. The first kappa shape index (κ1) is 13.5. The highest BCUT2D eigenvalue weighted by Crippen LogP contribution is 2.51. The van der Waals surface area contributed by atoms with E-state index in [0.29, 0.717) is 16.4 Å². The Morgan fingerprint density at radius 2 is 1.74 bits per heavy atom. The van der Waals surface area contributed by atoms with Crippen LogP contribution in [0.5, 0.6) is 0 Å². The Hall–Kier alpha value is -0.470. The molecule has 2 aliphatic heterocycles. The molecule has 0 amide bonds. The molecular formula is C17H24OS. The second kappa shape index (κ2) is 5.14. The van der Waals surface area contributed by atoms with Crippen LogP contribution in [0.3, 0.4) is 0 Å². The predicted molar refractivity (Wildman–Crippen MR) is 82.5 cm³/mol. The van der Waals surface area contributed by atoms with Crippen LogP contribution in [0.2, 0.25) is 0 Å². The average Bonchev–Trinajstić information content (AvgIpc) is 2.69. The molecule has 2 bridgehead atoms. The first-order valence-corrected chi connectivity index (χ1v) is 8.47. The molecule has 2 aliphatic rings. The Kier molecular flexibility index (Phi) is 3.65. The predicted octanol–water partition coefficient (Wildman–Crippen LogP) is 4.13. The second-order valence-electron chi connectivity index (χ2n) is 6.69. The summed E-state index contributed by atoms with van der Waals surface area (Å²) in [5.41, 5.74) is 1.96. The van der Waals surface area contributed by atoms with Crippen molar-refractivity contribution in [2.45, 2.75) is 62.1 Å². The van der Waals surface area contributed by atoms with Crippen LogP contribution >= 0.6 is 11.8 Å². The minimum Gasteiger partial charge on any atom is -0.385 e. The molecule has 1 aromatic carbocycles. The molecule has 0 saturated carbocycles. The highest BCUT2D eigenvalue weighted by atomic mass is 32.2. The second-order valence-corrected chi connectivity index (χ2v) is 8.30. The molecule has 1 nitrogen and oxygen atoms in total. The summed E-state index contributed by atoms with van der Waals surface area (Å²) >= 11 is 2.10. The van der Waals surface area contributed by atoms with Gasteiger partial charge in [0.05, 0.1) is 5.60 Å².